The Morgan fingerprint density at radius 1 is 1.55 bits per heavy atom. The molecule has 58 valence electrons. The van der Waals surface area contributed by atoms with Gasteiger partial charge in [-0.1, -0.05) is 5.57 Å². The molecule has 0 radical (unpaired) electrons. The molecule has 2 heterocycles. The van der Waals surface area contributed by atoms with Crippen molar-refractivity contribution in [2.75, 3.05) is 6.61 Å². The summed E-state index contributed by atoms with van der Waals surface area (Å²) in [7, 11) is 0. The van der Waals surface area contributed by atoms with Crippen LogP contribution in [0.15, 0.2) is 28.1 Å². The lowest BCUT2D eigenvalue weighted by Crippen LogP contribution is -1.85. The highest BCUT2D eigenvalue weighted by Gasteiger charge is 2.15. The summed E-state index contributed by atoms with van der Waals surface area (Å²) in [6, 6.07) is 0. The molecule has 0 bridgehead atoms. The number of aliphatic imine (C=N–C) groups is 1. The van der Waals surface area contributed by atoms with E-state index >= 15 is 0 Å². The smallest absolute Gasteiger partial charge is 0.137 e. The molecule has 0 saturated carbocycles. The van der Waals surface area contributed by atoms with E-state index in [1.54, 1.807) is 0 Å². The van der Waals surface area contributed by atoms with Gasteiger partial charge in [0.2, 0.25) is 0 Å². The summed E-state index contributed by atoms with van der Waals surface area (Å²) in [4.78, 5) is 4.12. The van der Waals surface area contributed by atoms with E-state index in [2.05, 4.69) is 11.9 Å². The van der Waals surface area contributed by atoms with Crippen molar-refractivity contribution in [3.8, 4) is 0 Å². The number of rotatable bonds is 0. The maximum absolute atomic E-state index is 5.38. The van der Waals surface area contributed by atoms with E-state index in [0.29, 0.717) is 0 Å². The van der Waals surface area contributed by atoms with E-state index < -0.39 is 0 Å². The van der Waals surface area contributed by atoms with Gasteiger partial charge in [0.1, 0.15) is 5.76 Å². The molecule has 0 aromatic heterocycles. The van der Waals surface area contributed by atoms with Gasteiger partial charge in [-0.15, -0.1) is 0 Å². The van der Waals surface area contributed by atoms with E-state index in [-0.39, 0.29) is 0 Å². The van der Waals surface area contributed by atoms with Crippen molar-refractivity contribution in [3.63, 3.8) is 0 Å². The summed E-state index contributed by atoms with van der Waals surface area (Å²) < 4.78 is 5.38. The Hall–Kier alpha value is -1.05. The third kappa shape index (κ3) is 1.20. The Balaban J connectivity index is 2.30. The SMILES string of the molecule is CC1=CN=CC2=C(CCO2)C1. The number of nitrogens with zero attached hydrogens (tertiary/aromatic N) is 1. The molecule has 2 aliphatic heterocycles. The van der Waals surface area contributed by atoms with Crippen LogP contribution in [-0.4, -0.2) is 12.8 Å². The molecular formula is C9H11NO. The molecule has 0 aromatic rings. The Morgan fingerprint density at radius 3 is 3.36 bits per heavy atom. The summed E-state index contributed by atoms with van der Waals surface area (Å²) in [6.45, 7) is 2.94. The lowest BCUT2D eigenvalue weighted by molar-refractivity contribution is 0.265. The van der Waals surface area contributed by atoms with E-state index in [1.807, 2.05) is 12.4 Å². The third-order valence-electron chi connectivity index (χ3n) is 1.99. The molecule has 0 amide bonds. The van der Waals surface area contributed by atoms with Crippen molar-refractivity contribution in [1.29, 1.82) is 0 Å². The molecule has 0 saturated heterocycles. The second kappa shape index (κ2) is 2.53. The minimum Gasteiger partial charge on any atom is -0.492 e. The Morgan fingerprint density at radius 2 is 2.45 bits per heavy atom. The monoisotopic (exact) mass is 149 g/mol. The quantitative estimate of drug-likeness (QED) is 0.516. The summed E-state index contributed by atoms with van der Waals surface area (Å²) in [5, 5.41) is 0. The maximum Gasteiger partial charge on any atom is 0.137 e. The first kappa shape index (κ1) is 6.65. The molecule has 0 fully saturated rings. The van der Waals surface area contributed by atoms with Crippen LogP contribution in [0, 0.1) is 0 Å². The fourth-order valence-corrected chi connectivity index (χ4v) is 1.43. The van der Waals surface area contributed by atoms with Gasteiger partial charge in [0.05, 0.1) is 12.8 Å². The molecule has 2 rings (SSSR count). The highest BCUT2D eigenvalue weighted by Crippen LogP contribution is 2.25. The fourth-order valence-electron chi connectivity index (χ4n) is 1.43. The molecule has 11 heavy (non-hydrogen) atoms. The average Bonchev–Trinajstić information content (AvgIpc) is 2.31. The van der Waals surface area contributed by atoms with Gasteiger partial charge < -0.3 is 4.74 Å². The predicted octanol–water partition coefficient (Wildman–Crippen LogP) is 2.04. The van der Waals surface area contributed by atoms with Gasteiger partial charge in [0.15, 0.2) is 0 Å². The normalized spacial score (nSPS) is 22.5. The first-order chi connectivity index (χ1) is 5.36. The van der Waals surface area contributed by atoms with Crippen molar-refractivity contribution >= 4 is 6.21 Å². The minimum absolute atomic E-state index is 0.837. The minimum atomic E-state index is 0.837. The van der Waals surface area contributed by atoms with Crippen LogP contribution in [0.5, 0.6) is 0 Å². The van der Waals surface area contributed by atoms with Crippen LogP contribution in [0.2, 0.25) is 0 Å². The average molecular weight is 149 g/mol. The van der Waals surface area contributed by atoms with Gasteiger partial charge in [0, 0.05) is 12.6 Å². The fraction of sp³-hybridized carbons (Fsp3) is 0.444. The van der Waals surface area contributed by atoms with E-state index in [0.717, 1.165) is 25.2 Å². The Bertz CT molecular complexity index is 261. The van der Waals surface area contributed by atoms with E-state index in [9.17, 15) is 0 Å². The first-order valence-electron chi connectivity index (χ1n) is 3.90. The third-order valence-corrected chi connectivity index (χ3v) is 1.99. The van der Waals surface area contributed by atoms with E-state index in [1.165, 1.54) is 11.1 Å². The standard InChI is InChI=1S/C9H11NO/c1-7-4-8-2-3-11-9(8)6-10-5-7/h5-6H,2-4H2,1H3. The van der Waals surface area contributed by atoms with Gasteiger partial charge >= 0.3 is 0 Å². The highest BCUT2D eigenvalue weighted by atomic mass is 16.5. The second-order valence-corrected chi connectivity index (χ2v) is 3.00. The summed E-state index contributed by atoms with van der Waals surface area (Å²) in [6.07, 6.45) is 5.84. The van der Waals surface area contributed by atoms with Crippen molar-refractivity contribution in [2.24, 2.45) is 4.99 Å². The van der Waals surface area contributed by atoms with Crippen molar-refractivity contribution in [3.05, 3.63) is 23.1 Å². The summed E-state index contributed by atoms with van der Waals surface area (Å²) >= 11 is 0. The van der Waals surface area contributed by atoms with Crippen molar-refractivity contribution in [1.82, 2.24) is 0 Å². The summed E-state index contributed by atoms with van der Waals surface area (Å²) in [5.74, 6) is 0.998. The lowest BCUT2D eigenvalue weighted by Gasteiger charge is -1.97. The largest absolute Gasteiger partial charge is 0.492 e. The first-order valence-corrected chi connectivity index (χ1v) is 3.90. The molecule has 0 aromatic carbocycles. The molecule has 0 unspecified atom stereocenters. The Labute approximate surface area is 66.3 Å². The zero-order valence-corrected chi connectivity index (χ0v) is 6.63. The zero-order valence-electron chi connectivity index (χ0n) is 6.63. The van der Waals surface area contributed by atoms with Crippen LogP contribution < -0.4 is 0 Å². The molecule has 0 spiro atoms. The highest BCUT2D eigenvalue weighted by molar-refractivity contribution is 5.79. The van der Waals surface area contributed by atoms with Crippen molar-refractivity contribution in [2.45, 2.75) is 19.8 Å². The molecule has 0 atom stereocenters. The van der Waals surface area contributed by atoms with Crippen molar-refractivity contribution < 1.29 is 4.74 Å². The van der Waals surface area contributed by atoms with Crippen LogP contribution >= 0.6 is 0 Å². The van der Waals surface area contributed by atoms with Crippen LogP contribution in [0.4, 0.5) is 0 Å². The molecule has 2 aliphatic rings. The number of hydrogen-bond acceptors (Lipinski definition) is 2. The van der Waals surface area contributed by atoms with Gasteiger partial charge in [-0.2, -0.15) is 0 Å². The predicted molar refractivity (Wildman–Crippen MR) is 44.5 cm³/mol. The van der Waals surface area contributed by atoms with Crippen LogP contribution in [0.3, 0.4) is 0 Å². The van der Waals surface area contributed by atoms with Crippen LogP contribution in [0.25, 0.3) is 0 Å². The zero-order chi connectivity index (χ0) is 7.68. The van der Waals surface area contributed by atoms with E-state index in [4.69, 9.17) is 4.74 Å². The maximum atomic E-state index is 5.38. The van der Waals surface area contributed by atoms with Gasteiger partial charge in [-0.05, 0) is 18.9 Å². The molecule has 2 heteroatoms. The van der Waals surface area contributed by atoms with Crippen LogP contribution in [-0.2, 0) is 4.74 Å². The van der Waals surface area contributed by atoms with Gasteiger partial charge in [-0.3, -0.25) is 4.99 Å². The number of ether oxygens (including phenoxy) is 1. The summed E-state index contributed by atoms with van der Waals surface area (Å²) in [5.41, 5.74) is 2.72. The Kier molecular flexibility index (Phi) is 1.53. The number of allylic oxidation sites excluding steroid dienone is 2. The van der Waals surface area contributed by atoms with Crippen LogP contribution in [0.1, 0.15) is 19.8 Å². The molecule has 0 N–H and O–H groups in total. The number of hydrogen-bond donors (Lipinski definition) is 0. The lowest BCUT2D eigenvalue weighted by atomic mass is 10.1. The molecular weight excluding hydrogens is 138 g/mol. The molecule has 0 aliphatic carbocycles. The molecule has 2 nitrogen and oxygen atoms in total. The topological polar surface area (TPSA) is 21.6 Å². The second-order valence-electron chi connectivity index (χ2n) is 3.00. The van der Waals surface area contributed by atoms with Gasteiger partial charge in [-0.25, -0.2) is 0 Å². The van der Waals surface area contributed by atoms with Gasteiger partial charge in [0.25, 0.3) is 0 Å².